The van der Waals surface area contributed by atoms with E-state index in [1.54, 1.807) is 7.11 Å². The fourth-order valence-electron chi connectivity index (χ4n) is 1.56. The summed E-state index contributed by atoms with van der Waals surface area (Å²) in [7, 11) is 3.82. The lowest BCUT2D eigenvalue weighted by atomic mass is 10.3. The van der Waals surface area contributed by atoms with Gasteiger partial charge < -0.3 is 10.1 Å². The van der Waals surface area contributed by atoms with Crippen molar-refractivity contribution in [3.05, 3.63) is 29.3 Å². The Morgan fingerprint density at radius 3 is 2.76 bits per heavy atom. The van der Waals surface area contributed by atoms with Gasteiger partial charge in [0.1, 0.15) is 0 Å². The lowest BCUT2D eigenvalue weighted by Gasteiger charge is -2.24. The van der Waals surface area contributed by atoms with Crippen molar-refractivity contribution >= 4 is 17.3 Å². The van der Waals surface area contributed by atoms with Crippen LogP contribution in [0.4, 0.5) is 5.69 Å². The van der Waals surface area contributed by atoms with Crippen LogP contribution in [0.3, 0.4) is 0 Å². The number of benzene rings is 1. The Morgan fingerprint density at radius 1 is 1.41 bits per heavy atom. The number of nitrogens with zero attached hydrogens (tertiary/aromatic N) is 1. The summed E-state index contributed by atoms with van der Waals surface area (Å²) in [6.07, 6.45) is 0. The van der Waals surface area contributed by atoms with E-state index >= 15 is 0 Å². The SMILES string of the molecule is COCC(C)N(C)CCNc1ccccc1Cl. The number of rotatable bonds is 7. The smallest absolute Gasteiger partial charge is 0.0637 e. The molecule has 0 aromatic heterocycles. The predicted molar refractivity (Wildman–Crippen MR) is 73.9 cm³/mol. The molecule has 4 heteroatoms. The van der Waals surface area contributed by atoms with E-state index in [2.05, 4.69) is 24.2 Å². The first-order chi connectivity index (χ1) is 8.15. The Labute approximate surface area is 109 Å². The maximum Gasteiger partial charge on any atom is 0.0637 e. The Kier molecular flexibility index (Phi) is 6.34. The molecule has 0 spiro atoms. The highest BCUT2D eigenvalue weighted by molar-refractivity contribution is 6.33. The van der Waals surface area contributed by atoms with Crippen LogP contribution in [0.25, 0.3) is 0 Å². The van der Waals surface area contributed by atoms with Crippen LogP contribution in [-0.2, 0) is 4.74 Å². The number of ether oxygens (including phenoxy) is 1. The van der Waals surface area contributed by atoms with Gasteiger partial charge in [0.15, 0.2) is 0 Å². The van der Waals surface area contributed by atoms with E-state index < -0.39 is 0 Å². The average molecular weight is 257 g/mol. The van der Waals surface area contributed by atoms with E-state index in [4.69, 9.17) is 16.3 Å². The molecule has 1 aromatic rings. The predicted octanol–water partition coefficient (Wildman–Crippen LogP) is 2.72. The molecule has 0 aliphatic heterocycles. The highest BCUT2D eigenvalue weighted by Crippen LogP contribution is 2.19. The number of nitrogens with one attached hydrogen (secondary N) is 1. The van der Waals surface area contributed by atoms with Crippen LogP contribution in [0.15, 0.2) is 24.3 Å². The van der Waals surface area contributed by atoms with Crippen molar-refractivity contribution < 1.29 is 4.74 Å². The van der Waals surface area contributed by atoms with Crippen molar-refractivity contribution in [2.24, 2.45) is 0 Å². The van der Waals surface area contributed by atoms with E-state index in [-0.39, 0.29) is 0 Å². The molecule has 0 fully saturated rings. The minimum absolute atomic E-state index is 0.424. The summed E-state index contributed by atoms with van der Waals surface area (Å²) in [6, 6.07) is 8.21. The zero-order chi connectivity index (χ0) is 12.7. The lowest BCUT2D eigenvalue weighted by molar-refractivity contribution is 0.118. The number of hydrogen-bond acceptors (Lipinski definition) is 3. The van der Waals surface area contributed by atoms with Gasteiger partial charge in [0.05, 0.1) is 17.3 Å². The second-order valence-electron chi connectivity index (χ2n) is 4.19. The minimum Gasteiger partial charge on any atom is -0.383 e. The van der Waals surface area contributed by atoms with Gasteiger partial charge in [0, 0.05) is 26.2 Å². The highest BCUT2D eigenvalue weighted by Gasteiger charge is 2.07. The Balaban J connectivity index is 2.30. The van der Waals surface area contributed by atoms with Gasteiger partial charge in [-0.1, -0.05) is 23.7 Å². The first-order valence-electron chi connectivity index (χ1n) is 5.82. The van der Waals surface area contributed by atoms with E-state index in [1.807, 2.05) is 24.3 Å². The van der Waals surface area contributed by atoms with Crippen molar-refractivity contribution in [1.82, 2.24) is 4.90 Å². The van der Waals surface area contributed by atoms with E-state index in [1.165, 1.54) is 0 Å². The van der Waals surface area contributed by atoms with Crippen LogP contribution in [0, 0.1) is 0 Å². The van der Waals surface area contributed by atoms with E-state index in [0.717, 1.165) is 30.4 Å². The molecule has 1 atom stereocenters. The van der Waals surface area contributed by atoms with Gasteiger partial charge in [-0.15, -0.1) is 0 Å². The molecule has 3 nitrogen and oxygen atoms in total. The summed E-state index contributed by atoms with van der Waals surface area (Å²) in [6.45, 7) is 4.73. The standard InChI is InChI=1S/C13H21ClN2O/c1-11(10-17-3)16(2)9-8-15-13-7-5-4-6-12(13)14/h4-7,11,15H,8-10H2,1-3H3. The van der Waals surface area contributed by atoms with Crippen LogP contribution in [0.1, 0.15) is 6.92 Å². The molecule has 17 heavy (non-hydrogen) atoms. The van der Waals surface area contributed by atoms with E-state index in [9.17, 15) is 0 Å². The van der Waals surface area contributed by atoms with Crippen LogP contribution >= 0.6 is 11.6 Å². The minimum atomic E-state index is 0.424. The zero-order valence-electron chi connectivity index (χ0n) is 10.7. The molecule has 0 radical (unpaired) electrons. The molecule has 1 aromatic carbocycles. The van der Waals surface area contributed by atoms with Crippen molar-refractivity contribution in [3.8, 4) is 0 Å². The van der Waals surface area contributed by atoms with Gasteiger partial charge in [-0.05, 0) is 26.1 Å². The van der Waals surface area contributed by atoms with Gasteiger partial charge >= 0.3 is 0 Å². The molecule has 0 saturated heterocycles. The summed E-state index contributed by atoms with van der Waals surface area (Å²) in [4.78, 5) is 2.26. The second-order valence-corrected chi connectivity index (χ2v) is 4.60. The molecule has 0 bridgehead atoms. The molecule has 1 unspecified atom stereocenters. The summed E-state index contributed by atoms with van der Waals surface area (Å²) in [5.41, 5.74) is 0.988. The van der Waals surface area contributed by atoms with Crippen LogP contribution in [0.2, 0.25) is 5.02 Å². The molecular weight excluding hydrogens is 236 g/mol. The largest absolute Gasteiger partial charge is 0.383 e. The van der Waals surface area contributed by atoms with Gasteiger partial charge in [0.2, 0.25) is 0 Å². The number of likely N-dealkylation sites (N-methyl/N-ethyl adjacent to an activating group) is 1. The summed E-state index contributed by atoms with van der Waals surface area (Å²) < 4.78 is 5.13. The Morgan fingerprint density at radius 2 is 2.12 bits per heavy atom. The third-order valence-electron chi connectivity index (χ3n) is 2.81. The maximum atomic E-state index is 6.06. The third-order valence-corrected chi connectivity index (χ3v) is 3.14. The lowest BCUT2D eigenvalue weighted by Crippen LogP contribution is -2.36. The number of hydrogen-bond donors (Lipinski definition) is 1. The summed E-state index contributed by atoms with van der Waals surface area (Å²) in [5, 5.41) is 4.09. The summed E-state index contributed by atoms with van der Waals surface area (Å²) >= 11 is 6.06. The molecule has 96 valence electrons. The van der Waals surface area contributed by atoms with Crippen LogP contribution < -0.4 is 5.32 Å². The first kappa shape index (κ1) is 14.3. The number of halogens is 1. The number of anilines is 1. The van der Waals surface area contributed by atoms with Crippen molar-refractivity contribution in [2.45, 2.75) is 13.0 Å². The van der Waals surface area contributed by atoms with Gasteiger partial charge in [-0.3, -0.25) is 4.90 Å². The van der Waals surface area contributed by atoms with Gasteiger partial charge in [-0.2, -0.15) is 0 Å². The molecule has 0 aliphatic carbocycles. The maximum absolute atomic E-state index is 6.06. The molecule has 0 amide bonds. The molecule has 0 aliphatic rings. The molecule has 1 N–H and O–H groups in total. The second kappa shape index (κ2) is 7.54. The van der Waals surface area contributed by atoms with Crippen molar-refractivity contribution in [3.63, 3.8) is 0 Å². The quantitative estimate of drug-likeness (QED) is 0.812. The average Bonchev–Trinajstić information content (AvgIpc) is 2.31. The third kappa shape index (κ3) is 4.94. The van der Waals surface area contributed by atoms with Crippen LogP contribution in [-0.4, -0.2) is 44.8 Å². The van der Waals surface area contributed by atoms with Gasteiger partial charge in [0.25, 0.3) is 0 Å². The number of para-hydroxylation sites is 1. The normalized spacial score (nSPS) is 12.8. The van der Waals surface area contributed by atoms with Crippen molar-refractivity contribution in [1.29, 1.82) is 0 Å². The fraction of sp³-hybridized carbons (Fsp3) is 0.538. The molecular formula is C13H21ClN2O. The summed E-state index contributed by atoms with van der Waals surface area (Å²) in [5.74, 6) is 0. The molecule has 1 rings (SSSR count). The molecule has 0 saturated carbocycles. The zero-order valence-corrected chi connectivity index (χ0v) is 11.5. The first-order valence-corrected chi connectivity index (χ1v) is 6.20. The Bertz CT molecular complexity index is 333. The van der Waals surface area contributed by atoms with Gasteiger partial charge in [-0.25, -0.2) is 0 Å². The van der Waals surface area contributed by atoms with Crippen LogP contribution in [0.5, 0.6) is 0 Å². The van der Waals surface area contributed by atoms with Crippen molar-refractivity contribution in [2.75, 3.05) is 39.2 Å². The van der Waals surface area contributed by atoms with E-state index in [0.29, 0.717) is 6.04 Å². The fourth-order valence-corrected chi connectivity index (χ4v) is 1.76. The monoisotopic (exact) mass is 256 g/mol. The highest BCUT2D eigenvalue weighted by atomic mass is 35.5. The Hall–Kier alpha value is -0.770. The molecule has 0 heterocycles. The topological polar surface area (TPSA) is 24.5 Å². The number of methoxy groups -OCH3 is 1.